The summed E-state index contributed by atoms with van der Waals surface area (Å²) in [7, 11) is -1.38. The Bertz CT molecular complexity index is 387. The Morgan fingerprint density at radius 2 is 2.05 bits per heavy atom. The summed E-state index contributed by atoms with van der Waals surface area (Å²) in [5.41, 5.74) is 1.18. The number of carbonyl (C=O) groups excluding carboxylic acids is 1. The molecule has 0 aromatic carbocycles. The van der Waals surface area contributed by atoms with E-state index in [1.165, 1.54) is 0 Å². The Balaban J connectivity index is 2.18. The fraction of sp³-hybridized carbons (Fsp3) is 0.600. The van der Waals surface area contributed by atoms with Crippen LogP contribution < -0.4 is 0 Å². The van der Waals surface area contributed by atoms with Gasteiger partial charge in [-0.25, -0.2) is 0 Å². The quantitative estimate of drug-likeness (QED) is 0.435. The Morgan fingerprint density at radius 1 is 1.32 bits per heavy atom. The van der Waals surface area contributed by atoms with Crippen molar-refractivity contribution in [3.8, 4) is 0 Å². The van der Waals surface area contributed by atoms with Crippen LogP contribution in [0.2, 0.25) is 19.6 Å². The number of nitrogens with zero attached hydrogens (tertiary/aromatic N) is 1. The first-order valence-corrected chi connectivity index (χ1v) is 10.6. The van der Waals surface area contributed by atoms with Gasteiger partial charge in [-0.1, -0.05) is 25.7 Å². The zero-order valence-electron chi connectivity index (χ0n) is 12.5. The monoisotopic (exact) mass is 279 g/mol. The van der Waals surface area contributed by atoms with Crippen LogP contribution in [0, 0.1) is 0 Å². The Morgan fingerprint density at radius 3 is 2.63 bits per heavy atom. The number of esters is 1. The highest BCUT2D eigenvalue weighted by molar-refractivity contribution is 6.77. The topological polar surface area (TPSA) is 39.2 Å². The molecule has 0 amide bonds. The summed E-state index contributed by atoms with van der Waals surface area (Å²) >= 11 is 0. The Kier molecular flexibility index (Phi) is 6.22. The van der Waals surface area contributed by atoms with Gasteiger partial charge >= 0.3 is 5.97 Å². The zero-order chi connectivity index (χ0) is 14.3. The lowest BCUT2D eigenvalue weighted by Gasteiger charge is -2.24. The van der Waals surface area contributed by atoms with E-state index in [0.717, 1.165) is 25.0 Å². The summed E-state index contributed by atoms with van der Waals surface area (Å²) < 4.78 is 5.47. The van der Waals surface area contributed by atoms with Crippen molar-refractivity contribution in [3.05, 3.63) is 30.1 Å². The molecule has 19 heavy (non-hydrogen) atoms. The second-order valence-corrected chi connectivity index (χ2v) is 11.6. The third-order valence-electron chi connectivity index (χ3n) is 3.32. The van der Waals surface area contributed by atoms with E-state index in [1.54, 1.807) is 6.20 Å². The summed E-state index contributed by atoms with van der Waals surface area (Å²) in [6.07, 6.45) is 5.10. The van der Waals surface area contributed by atoms with Crippen molar-refractivity contribution in [1.82, 2.24) is 4.98 Å². The van der Waals surface area contributed by atoms with Crippen LogP contribution in [0.15, 0.2) is 24.4 Å². The van der Waals surface area contributed by atoms with Gasteiger partial charge in [0.05, 0.1) is 13.8 Å². The molecule has 0 aliphatic carbocycles. The molecule has 1 atom stereocenters. The molecule has 0 radical (unpaired) electrons. The number of rotatable bonds is 7. The summed E-state index contributed by atoms with van der Waals surface area (Å²) in [5.74, 6) is -0.0593. The number of unbranched alkanes of at least 4 members (excludes halogenated alkanes) is 1. The van der Waals surface area contributed by atoms with Crippen molar-refractivity contribution in [3.63, 3.8) is 0 Å². The first-order valence-electron chi connectivity index (χ1n) is 6.99. The minimum atomic E-state index is -1.38. The number of pyridine rings is 1. The highest BCUT2D eigenvalue weighted by Crippen LogP contribution is 2.12. The lowest BCUT2D eigenvalue weighted by atomic mass is 10.1. The van der Waals surface area contributed by atoms with Gasteiger partial charge in [-0.2, -0.15) is 0 Å². The van der Waals surface area contributed by atoms with Crippen molar-refractivity contribution < 1.29 is 9.53 Å². The summed E-state index contributed by atoms with van der Waals surface area (Å²) in [5, 5.41) is 0. The minimum absolute atomic E-state index is 0.0593. The van der Waals surface area contributed by atoms with Crippen LogP contribution in [0.3, 0.4) is 0 Å². The predicted octanol–water partition coefficient (Wildman–Crippen LogP) is 3.60. The van der Waals surface area contributed by atoms with E-state index in [0.29, 0.717) is 6.42 Å². The average Bonchev–Trinajstić information content (AvgIpc) is 2.35. The van der Waals surface area contributed by atoms with Gasteiger partial charge in [0.1, 0.15) is 0 Å². The molecule has 3 nitrogen and oxygen atoms in total. The summed E-state index contributed by atoms with van der Waals surface area (Å²) in [6, 6.07) is 5.93. The third-order valence-corrected chi connectivity index (χ3v) is 5.87. The third kappa shape index (κ3) is 6.52. The lowest BCUT2D eigenvalue weighted by molar-refractivity contribution is -0.145. The predicted molar refractivity (Wildman–Crippen MR) is 80.7 cm³/mol. The molecule has 0 bridgehead atoms. The minimum Gasteiger partial charge on any atom is -0.467 e. The Labute approximate surface area is 117 Å². The van der Waals surface area contributed by atoms with Gasteiger partial charge in [-0.05, 0) is 38.3 Å². The van der Waals surface area contributed by atoms with E-state index < -0.39 is 8.07 Å². The number of aryl methyl sites for hydroxylation is 1. The molecule has 1 aromatic heterocycles. The van der Waals surface area contributed by atoms with Crippen LogP contribution in [-0.2, 0) is 16.0 Å². The summed E-state index contributed by atoms with van der Waals surface area (Å²) in [4.78, 5) is 16.0. The standard InChI is InChI=1S/C15H25NO2Si/c1-13(19(2,3)4)18-15(17)11-6-5-9-14-10-7-8-12-16-14/h7-8,10,12-13H,5-6,9,11H2,1-4H3. The molecule has 0 N–H and O–H groups in total. The number of hydrogen-bond donors (Lipinski definition) is 0. The number of ether oxygens (including phenoxy) is 1. The van der Waals surface area contributed by atoms with Gasteiger partial charge < -0.3 is 4.74 Å². The van der Waals surface area contributed by atoms with Crippen LogP contribution in [0.1, 0.15) is 31.9 Å². The second kappa shape index (κ2) is 7.43. The first kappa shape index (κ1) is 15.9. The maximum absolute atomic E-state index is 11.7. The normalized spacial score (nSPS) is 13.1. The largest absolute Gasteiger partial charge is 0.467 e. The van der Waals surface area contributed by atoms with E-state index in [2.05, 4.69) is 24.6 Å². The molecule has 0 aliphatic heterocycles. The van der Waals surface area contributed by atoms with Crippen LogP contribution in [0.4, 0.5) is 0 Å². The fourth-order valence-electron chi connectivity index (χ4n) is 1.55. The molecule has 1 aromatic rings. The van der Waals surface area contributed by atoms with Gasteiger partial charge in [-0.15, -0.1) is 0 Å². The van der Waals surface area contributed by atoms with Crippen molar-refractivity contribution in [1.29, 1.82) is 0 Å². The SMILES string of the molecule is CC(OC(=O)CCCCc1ccccn1)[Si](C)(C)C. The molecule has 1 rings (SSSR count). The smallest absolute Gasteiger partial charge is 0.305 e. The van der Waals surface area contributed by atoms with Crippen molar-refractivity contribution in [2.45, 2.75) is 58.0 Å². The molecule has 0 saturated heterocycles. The number of aromatic nitrogens is 1. The van der Waals surface area contributed by atoms with Crippen molar-refractivity contribution in [2.75, 3.05) is 0 Å². The molecule has 0 aliphatic rings. The highest BCUT2D eigenvalue weighted by atomic mass is 28.3. The lowest BCUT2D eigenvalue weighted by Crippen LogP contribution is -2.39. The van der Waals surface area contributed by atoms with Crippen LogP contribution in [0.5, 0.6) is 0 Å². The van der Waals surface area contributed by atoms with E-state index in [-0.39, 0.29) is 11.7 Å². The van der Waals surface area contributed by atoms with E-state index in [4.69, 9.17) is 4.74 Å². The average molecular weight is 279 g/mol. The van der Waals surface area contributed by atoms with Gasteiger partial charge in [0.15, 0.2) is 0 Å². The van der Waals surface area contributed by atoms with Crippen LogP contribution in [0.25, 0.3) is 0 Å². The van der Waals surface area contributed by atoms with E-state index >= 15 is 0 Å². The van der Waals surface area contributed by atoms with E-state index in [1.807, 2.05) is 25.1 Å². The number of hydrogen-bond acceptors (Lipinski definition) is 3. The van der Waals surface area contributed by atoms with Gasteiger partial charge in [0.25, 0.3) is 0 Å². The first-order chi connectivity index (χ1) is 8.89. The van der Waals surface area contributed by atoms with Crippen molar-refractivity contribution >= 4 is 14.0 Å². The molecule has 0 saturated carbocycles. The van der Waals surface area contributed by atoms with Crippen LogP contribution >= 0.6 is 0 Å². The molecule has 1 unspecified atom stereocenters. The highest BCUT2D eigenvalue weighted by Gasteiger charge is 2.25. The second-order valence-electron chi connectivity index (χ2n) is 6.03. The van der Waals surface area contributed by atoms with Gasteiger partial charge in [0, 0.05) is 18.3 Å². The maximum Gasteiger partial charge on any atom is 0.305 e. The van der Waals surface area contributed by atoms with Gasteiger partial charge in [-0.3, -0.25) is 9.78 Å². The molecule has 1 heterocycles. The molecule has 0 fully saturated rings. The Hall–Kier alpha value is -1.16. The molecule has 4 heteroatoms. The molecule has 106 valence electrons. The molecule has 0 spiro atoms. The fourth-order valence-corrected chi connectivity index (χ4v) is 2.04. The number of carbonyl (C=O) groups is 1. The molecular formula is C15H25NO2Si. The van der Waals surface area contributed by atoms with Gasteiger partial charge in [0.2, 0.25) is 0 Å². The summed E-state index contributed by atoms with van der Waals surface area (Å²) in [6.45, 7) is 8.65. The van der Waals surface area contributed by atoms with Crippen molar-refractivity contribution in [2.24, 2.45) is 0 Å². The van der Waals surface area contributed by atoms with E-state index in [9.17, 15) is 4.79 Å². The maximum atomic E-state index is 11.7. The molecular weight excluding hydrogens is 254 g/mol. The van der Waals surface area contributed by atoms with Crippen LogP contribution in [-0.4, -0.2) is 24.8 Å². The zero-order valence-corrected chi connectivity index (χ0v) is 13.5.